The average molecular weight is 235 g/mol. The molecule has 1 rings (SSSR count). The van der Waals surface area contributed by atoms with Gasteiger partial charge in [0, 0.05) is 24.9 Å². The third-order valence-corrected chi connectivity index (χ3v) is 2.58. The van der Waals surface area contributed by atoms with Crippen molar-refractivity contribution in [1.82, 2.24) is 9.55 Å². The first-order chi connectivity index (χ1) is 7.41. The summed E-state index contributed by atoms with van der Waals surface area (Å²) < 4.78 is 39.9. The Hall–Kier alpha value is -1.04. The largest absolute Gasteiger partial charge is 0.410 e. The van der Waals surface area contributed by atoms with Crippen LogP contribution < -0.4 is 5.73 Å². The third-order valence-electron chi connectivity index (χ3n) is 2.58. The molecule has 2 unspecified atom stereocenters. The van der Waals surface area contributed by atoms with E-state index >= 15 is 0 Å². The molecule has 0 amide bonds. The van der Waals surface area contributed by atoms with Crippen molar-refractivity contribution in [2.24, 2.45) is 5.73 Å². The molecule has 0 spiro atoms. The minimum absolute atomic E-state index is 0.269. The summed E-state index contributed by atoms with van der Waals surface area (Å²) >= 11 is 0. The normalized spacial score (nSPS) is 16.1. The summed E-state index contributed by atoms with van der Waals surface area (Å²) in [6.07, 6.45) is -0.909. The highest BCUT2D eigenvalue weighted by atomic mass is 19.4. The number of nitrogens with two attached hydrogens (primary N) is 1. The molecule has 2 atom stereocenters. The lowest BCUT2D eigenvalue weighted by Crippen LogP contribution is -2.41. The summed E-state index contributed by atoms with van der Waals surface area (Å²) in [6.45, 7) is 3.41. The van der Waals surface area contributed by atoms with E-state index in [9.17, 15) is 13.2 Å². The first-order valence-corrected chi connectivity index (χ1v) is 5.25. The van der Waals surface area contributed by atoms with E-state index in [-0.39, 0.29) is 6.42 Å². The Kier molecular flexibility index (Phi) is 3.96. The molecule has 6 heteroatoms. The lowest BCUT2D eigenvalue weighted by molar-refractivity contribution is -0.173. The van der Waals surface area contributed by atoms with Gasteiger partial charge in [0.15, 0.2) is 0 Å². The number of halogens is 3. The second kappa shape index (κ2) is 4.86. The Labute approximate surface area is 92.5 Å². The molecule has 0 saturated heterocycles. The second-order valence-corrected chi connectivity index (χ2v) is 3.66. The zero-order chi connectivity index (χ0) is 12.3. The van der Waals surface area contributed by atoms with Crippen molar-refractivity contribution in [1.29, 1.82) is 0 Å². The number of nitrogens with zero attached hydrogens (tertiary/aromatic N) is 2. The lowest BCUT2D eigenvalue weighted by Gasteiger charge is -2.27. The minimum Gasteiger partial charge on any atom is -0.326 e. The van der Waals surface area contributed by atoms with Crippen LogP contribution in [-0.2, 0) is 6.42 Å². The molecule has 0 fully saturated rings. The molecule has 0 saturated carbocycles. The molecule has 1 heterocycles. The summed E-state index contributed by atoms with van der Waals surface area (Å²) in [4.78, 5) is 3.89. The van der Waals surface area contributed by atoms with Crippen LogP contribution in [0.5, 0.6) is 0 Å². The van der Waals surface area contributed by atoms with Crippen molar-refractivity contribution in [3.63, 3.8) is 0 Å². The van der Waals surface area contributed by atoms with Crippen LogP contribution in [0.2, 0.25) is 0 Å². The van der Waals surface area contributed by atoms with Crippen LogP contribution in [0.4, 0.5) is 13.2 Å². The third kappa shape index (κ3) is 2.55. The number of hydrogen-bond acceptors (Lipinski definition) is 2. The number of aryl methyl sites for hydroxylation is 1. The highest BCUT2D eigenvalue weighted by Gasteiger charge is 2.44. The first kappa shape index (κ1) is 13.0. The summed E-state index contributed by atoms with van der Waals surface area (Å²) in [5.74, 6) is 0.409. The molecule has 0 aromatic carbocycles. The van der Waals surface area contributed by atoms with E-state index in [1.54, 1.807) is 13.8 Å². The van der Waals surface area contributed by atoms with Crippen LogP contribution in [0, 0.1) is 0 Å². The standard InChI is InChI=1S/C10H16F3N3/c1-3-7(14)9(10(11,12)13)16-6-5-15-8(16)4-2/h5-7,9H,3-4,14H2,1-2H3. The molecule has 2 N–H and O–H groups in total. The first-order valence-electron chi connectivity index (χ1n) is 5.25. The average Bonchev–Trinajstić information content (AvgIpc) is 2.63. The maximum atomic E-state index is 12.9. The molecular weight excluding hydrogens is 219 g/mol. The van der Waals surface area contributed by atoms with Gasteiger partial charge in [-0.25, -0.2) is 4.98 Å². The fourth-order valence-electron chi connectivity index (χ4n) is 1.70. The van der Waals surface area contributed by atoms with Crippen LogP contribution in [0.25, 0.3) is 0 Å². The molecule has 0 aliphatic carbocycles. The summed E-state index contributed by atoms with van der Waals surface area (Å²) in [5, 5.41) is 0. The van der Waals surface area contributed by atoms with Crippen molar-refractivity contribution >= 4 is 0 Å². The fraction of sp³-hybridized carbons (Fsp3) is 0.700. The zero-order valence-corrected chi connectivity index (χ0v) is 9.33. The molecule has 0 aliphatic rings. The van der Waals surface area contributed by atoms with Crippen molar-refractivity contribution in [2.45, 2.75) is 44.9 Å². The summed E-state index contributed by atoms with van der Waals surface area (Å²) in [6, 6.07) is -2.63. The Balaban J connectivity index is 3.11. The molecule has 1 aromatic rings. The number of imidazole rings is 1. The van der Waals surface area contributed by atoms with E-state index in [1.165, 1.54) is 12.4 Å². The quantitative estimate of drug-likeness (QED) is 0.870. The molecule has 1 aromatic heterocycles. The van der Waals surface area contributed by atoms with Gasteiger partial charge in [0.1, 0.15) is 11.9 Å². The van der Waals surface area contributed by atoms with Gasteiger partial charge in [-0.05, 0) is 6.42 Å². The van der Waals surface area contributed by atoms with E-state index in [4.69, 9.17) is 5.73 Å². The highest BCUT2D eigenvalue weighted by molar-refractivity contribution is 4.99. The monoisotopic (exact) mass is 235 g/mol. The number of rotatable bonds is 4. The fourth-order valence-corrected chi connectivity index (χ4v) is 1.70. The molecule has 3 nitrogen and oxygen atoms in total. The Bertz CT molecular complexity index is 332. The van der Waals surface area contributed by atoms with Crippen LogP contribution in [0.3, 0.4) is 0 Å². The SMILES string of the molecule is CCc1nccn1C(C(N)CC)C(F)(F)F. The van der Waals surface area contributed by atoms with Crippen LogP contribution in [-0.4, -0.2) is 21.8 Å². The van der Waals surface area contributed by atoms with E-state index < -0.39 is 18.3 Å². The van der Waals surface area contributed by atoms with Gasteiger partial charge in [0.05, 0.1) is 0 Å². The number of aromatic nitrogens is 2. The van der Waals surface area contributed by atoms with Gasteiger partial charge in [-0.3, -0.25) is 0 Å². The van der Waals surface area contributed by atoms with Crippen LogP contribution in [0.1, 0.15) is 32.1 Å². The Morgan fingerprint density at radius 3 is 2.50 bits per heavy atom. The van der Waals surface area contributed by atoms with Gasteiger partial charge in [-0.15, -0.1) is 0 Å². The van der Waals surface area contributed by atoms with Gasteiger partial charge in [0.25, 0.3) is 0 Å². The maximum absolute atomic E-state index is 12.9. The maximum Gasteiger partial charge on any atom is 0.410 e. The number of hydrogen-bond donors (Lipinski definition) is 1. The molecule has 0 bridgehead atoms. The predicted octanol–water partition coefficient (Wildman–Crippen LogP) is 2.29. The van der Waals surface area contributed by atoms with Gasteiger partial charge in [-0.2, -0.15) is 13.2 Å². The summed E-state index contributed by atoms with van der Waals surface area (Å²) in [7, 11) is 0. The van der Waals surface area contributed by atoms with Gasteiger partial charge < -0.3 is 10.3 Å². The van der Waals surface area contributed by atoms with E-state index in [0.717, 1.165) is 4.57 Å². The molecule has 0 radical (unpaired) electrons. The van der Waals surface area contributed by atoms with Crippen molar-refractivity contribution < 1.29 is 13.2 Å². The van der Waals surface area contributed by atoms with Crippen LogP contribution >= 0.6 is 0 Å². The number of alkyl halides is 3. The molecule has 16 heavy (non-hydrogen) atoms. The zero-order valence-electron chi connectivity index (χ0n) is 9.33. The summed E-state index contributed by atoms with van der Waals surface area (Å²) in [5.41, 5.74) is 5.55. The molecule has 92 valence electrons. The van der Waals surface area contributed by atoms with Crippen molar-refractivity contribution in [2.75, 3.05) is 0 Å². The van der Waals surface area contributed by atoms with E-state index in [1.807, 2.05) is 0 Å². The van der Waals surface area contributed by atoms with Gasteiger partial charge in [-0.1, -0.05) is 13.8 Å². The van der Waals surface area contributed by atoms with E-state index in [0.29, 0.717) is 12.2 Å². The van der Waals surface area contributed by atoms with E-state index in [2.05, 4.69) is 4.98 Å². The van der Waals surface area contributed by atoms with Gasteiger partial charge in [0.2, 0.25) is 0 Å². The van der Waals surface area contributed by atoms with Gasteiger partial charge >= 0.3 is 6.18 Å². The lowest BCUT2D eigenvalue weighted by atomic mass is 10.1. The van der Waals surface area contributed by atoms with Crippen molar-refractivity contribution in [3.8, 4) is 0 Å². The minimum atomic E-state index is -4.35. The molecule has 0 aliphatic heterocycles. The van der Waals surface area contributed by atoms with Crippen molar-refractivity contribution in [3.05, 3.63) is 18.2 Å². The molecular formula is C10H16F3N3. The second-order valence-electron chi connectivity index (χ2n) is 3.66. The highest BCUT2D eigenvalue weighted by Crippen LogP contribution is 2.34. The van der Waals surface area contributed by atoms with Crippen LogP contribution in [0.15, 0.2) is 12.4 Å². The Morgan fingerprint density at radius 2 is 2.06 bits per heavy atom. The Morgan fingerprint density at radius 1 is 1.44 bits per heavy atom. The predicted molar refractivity (Wildman–Crippen MR) is 55.0 cm³/mol. The topological polar surface area (TPSA) is 43.8 Å². The smallest absolute Gasteiger partial charge is 0.326 e.